The van der Waals surface area contributed by atoms with Crippen LogP contribution in [0.5, 0.6) is 0 Å². The number of pyridine rings is 1. The molecule has 0 spiro atoms. The van der Waals surface area contributed by atoms with Crippen molar-refractivity contribution in [2.45, 2.75) is 52.1 Å². The summed E-state index contributed by atoms with van der Waals surface area (Å²) in [7, 11) is 0. The van der Waals surface area contributed by atoms with Crippen LogP contribution in [0.3, 0.4) is 0 Å². The molecule has 1 fully saturated rings. The summed E-state index contributed by atoms with van der Waals surface area (Å²) in [6, 6.07) is 3.63. The Morgan fingerprint density at radius 1 is 1.27 bits per heavy atom. The summed E-state index contributed by atoms with van der Waals surface area (Å²) in [6.07, 6.45) is 5.29. The van der Waals surface area contributed by atoms with Gasteiger partial charge in [-0.25, -0.2) is 4.98 Å². The summed E-state index contributed by atoms with van der Waals surface area (Å²) in [5.41, 5.74) is 6.02. The predicted octanol–water partition coefficient (Wildman–Crippen LogP) is 3.16. The molecule has 0 bridgehead atoms. The number of nitrogen functional groups attached to an aromatic ring is 1. The van der Waals surface area contributed by atoms with Crippen LogP contribution in [0, 0.1) is 23.7 Å². The lowest BCUT2D eigenvalue weighted by molar-refractivity contribution is -0.161. The fraction of sp³-hybridized carbons (Fsp3) is 0.556. The first-order chi connectivity index (χ1) is 10.3. The maximum Gasteiger partial charge on any atom is 0.309 e. The Bertz CT molecular complexity index is 568. The van der Waals surface area contributed by atoms with Crippen molar-refractivity contribution in [1.82, 2.24) is 4.98 Å². The van der Waals surface area contributed by atoms with Gasteiger partial charge in [0, 0.05) is 17.7 Å². The van der Waals surface area contributed by atoms with Gasteiger partial charge < -0.3 is 10.5 Å². The SMILES string of the molecule is CC(C)(C)OC(=O)C1CCC(C#Cc2ccc(N)nc2)CC1. The molecule has 1 aliphatic carbocycles. The molecule has 0 atom stereocenters. The average Bonchev–Trinajstić information content (AvgIpc) is 2.45. The average molecular weight is 300 g/mol. The van der Waals surface area contributed by atoms with E-state index in [1.54, 1.807) is 12.3 Å². The molecule has 0 aromatic carbocycles. The van der Waals surface area contributed by atoms with Gasteiger partial charge in [0.1, 0.15) is 11.4 Å². The second-order valence-corrected chi connectivity index (χ2v) is 6.82. The van der Waals surface area contributed by atoms with E-state index in [0.29, 0.717) is 11.7 Å². The van der Waals surface area contributed by atoms with Crippen LogP contribution in [-0.2, 0) is 9.53 Å². The van der Waals surface area contributed by atoms with E-state index in [-0.39, 0.29) is 11.9 Å². The van der Waals surface area contributed by atoms with Crippen LogP contribution in [-0.4, -0.2) is 16.6 Å². The number of rotatable bonds is 1. The Hall–Kier alpha value is -2.02. The van der Waals surface area contributed by atoms with E-state index in [9.17, 15) is 4.79 Å². The molecule has 1 saturated carbocycles. The normalized spacial score (nSPS) is 21.6. The smallest absolute Gasteiger partial charge is 0.309 e. The highest BCUT2D eigenvalue weighted by molar-refractivity contribution is 5.73. The lowest BCUT2D eigenvalue weighted by atomic mass is 9.82. The zero-order valence-electron chi connectivity index (χ0n) is 13.6. The second kappa shape index (κ2) is 6.83. The Morgan fingerprint density at radius 3 is 2.50 bits per heavy atom. The van der Waals surface area contributed by atoms with E-state index in [1.165, 1.54) is 0 Å². The number of ether oxygens (including phenoxy) is 1. The maximum atomic E-state index is 12.1. The number of hydrogen-bond donors (Lipinski definition) is 1. The van der Waals surface area contributed by atoms with Crippen molar-refractivity contribution < 1.29 is 9.53 Å². The molecule has 4 heteroatoms. The molecule has 1 aromatic rings. The zero-order chi connectivity index (χ0) is 16.2. The standard InChI is InChI=1S/C18H24N2O2/c1-18(2,3)22-17(21)15-9-6-13(7-10-15)4-5-14-8-11-16(19)20-12-14/h8,11-13,15H,6-7,9-10H2,1-3H3,(H2,19,20). The topological polar surface area (TPSA) is 65.2 Å². The molecule has 22 heavy (non-hydrogen) atoms. The lowest BCUT2D eigenvalue weighted by Gasteiger charge is -2.28. The van der Waals surface area contributed by atoms with Crippen molar-refractivity contribution in [2.75, 3.05) is 5.73 Å². The second-order valence-electron chi connectivity index (χ2n) is 6.82. The third-order valence-corrected chi connectivity index (χ3v) is 3.67. The van der Waals surface area contributed by atoms with Crippen LogP contribution >= 0.6 is 0 Å². The largest absolute Gasteiger partial charge is 0.460 e. The molecule has 0 unspecified atom stereocenters. The molecule has 0 amide bonds. The van der Waals surface area contributed by atoms with Gasteiger partial charge in [0.15, 0.2) is 0 Å². The fourth-order valence-electron chi connectivity index (χ4n) is 2.52. The van der Waals surface area contributed by atoms with Crippen molar-refractivity contribution in [3.05, 3.63) is 23.9 Å². The Labute approximate surface area is 132 Å². The summed E-state index contributed by atoms with van der Waals surface area (Å²) < 4.78 is 5.46. The van der Waals surface area contributed by atoms with Gasteiger partial charge in [0.25, 0.3) is 0 Å². The highest BCUT2D eigenvalue weighted by atomic mass is 16.6. The van der Waals surface area contributed by atoms with Gasteiger partial charge in [-0.3, -0.25) is 4.79 Å². The van der Waals surface area contributed by atoms with Gasteiger partial charge in [-0.05, 0) is 58.6 Å². The van der Waals surface area contributed by atoms with E-state index in [0.717, 1.165) is 31.2 Å². The molecule has 2 rings (SSSR count). The molecule has 0 saturated heterocycles. The monoisotopic (exact) mass is 300 g/mol. The fourth-order valence-corrected chi connectivity index (χ4v) is 2.52. The summed E-state index contributed by atoms with van der Waals surface area (Å²) in [4.78, 5) is 16.1. The number of hydrogen-bond acceptors (Lipinski definition) is 4. The Morgan fingerprint density at radius 2 is 1.95 bits per heavy atom. The van der Waals surface area contributed by atoms with Gasteiger partial charge in [0.2, 0.25) is 0 Å². The summed E-state index contributed by atoms with van der Waals surface area (Å²) in [5, 5.41) is 0. The van der Waals surface area contributed by atoms with Crippen LogP contribution in [0.25, 0.3) is 0 Å². The summed E-state index contributed by atoms with van der Waals surface area (Å²) in [6.45, 7) is 5.72. The molecule has 118 valence electrons. The van der Waals surface area contributed by atoms with E-state index in [4.69, 9.17) is 10.5 Å². The van der Waals surface area contributed by atoms with Crippen LogP contribution in [0.4, 0.5) is 5.82 Å². The minimum Gasteiger partial charge on any atom is -0.460 e. The molecule has 4 nitrogen and oxygen atoms in total. The number of nitrogens with zero attached hydrogens (tertiary/aromatic N) is 1. The summed E-state index contributed by atoms with van der Waals surface area (Å²) in [5.74, 6) is 7.22. The van der Waals surface area contributed by atoms with Crippen molar-refractivity contribution in [2.24, 2.45) is 11.8 Å². The minimum absolute atomic E-state index is 0.0236. The molecule has 0 aliphatic heterocycles. The highest BCUT2D eigenvalue weighted by Crippen LogP contribution is 2.30. The van der Waals surface area contributed by atoms with E-state index < -0.39 is 5.60 Å². The molecule has 0 radical (unpaired) electrons. The molecule has 1 aliphatic rings. The third-order valence-electron chi connectivity index (χ3n) is 3.67. The Balaban J connectivity index is 1.85. The first-order valence-electron chi connectivity index (χ1n) is 7.79. The van der Waals surface area contributed by atoms with Crippen molar-refractivity contribution in [1.29, 1.82) is 0 Å². The molecule has 1 heterocycles. The van der Waals surface area contributed by atoms with Crippen LogP contribution in [0.1, 0.15) is 52.0 Å². The quantitative estimate of drug-likeness (QED) is 0.639. The third kappa shape index (κ3) is 5.07. The number of anilines is 1. The van der Waals surface area contributed by atoms with Crippen molar-refractivity contribution in [3.8, 4) is 11.8 Å². The Kier molecular flexibility index (Phi) is 5.07. The van der Waals surface area contributed by atoms with Crippen LogP contribution in [0.2, 0.25) is 0 Å². The van der Waals surface area contributed by atoms with Gasteiger partial charge in [-0.2, -0.15) is 0 Å². The van der Waals surface area contributed by atoms with E-state index >= 15 is 0 Å². The predicted molar refractivity (Wildman–Crippen MR) is 86.8 cm³/mol. The lowest BCUT2D eigenvalue weighted by Crippen LogP contribution is -2.30. The number of nitrogens with two attached hydrogens (primary N) is 1. The first kappa shape index (κ1) is 16.4. The number of carbonyl (C=O) groups is 1. The van der Waals surface area contributed by atoms with Crippen molar-refractivity contribution in [3.63, 3.8) is 0 Å². The highest BCUT2D eigenvalue weighted by Gasteiger charge is 2.29. The van der Waals surface area contributed by atoms with Crippen LogP contribution in [0.15, 0.2) is 18.3 Å². The maximum absolute atomic E-state index is 12.1. The molecular formula is C18H24N2O2. The number of carbonyl (C=O) groups excluding carboxylic acids is 1. The zero-order valence-corrected chi connectivity index (χ0v) is 13.6. The van der Waals surface area contributed by atoms with Crippen LogP contribution < -0.4 is 5.73 Å². The van der Waals surface area contributed by atoms with E-state index in [1.807, 2.05) is 26.8 Å². The van der Waals surface area contributed by atoms with Gasteiger partial charge in [-0.1, -0.05) is 11.8 Å². The first-order valence-corrected chi connectivity index (χ1v) is 7.79. The van der Waals surface area contributed by atoms with Crippen molar-refractivity contribution >= 4 is 11.8 Å². The molecular weight excluding hydrogens is 276 g/mol. The number of esters is 1. The van der Waals surface area contributed by atoms with Gasteiger partial charge in [-0.15, -0.1) is 0 Å². The number of aromatic nitrogens is 1. The molecule has 2 N–H and O–H groups in total. The minimum atomic E-state index is -0.407. The molecule has 1 aromatic heterocycles. The van der Waals surface area contributed by atoms with Gasteiger partial charge in [0.05, 0.1) is 5.92 Å². The van der Waals surface area contributed by atoms with Gasteiger partial charge >= 0.3 is 5.97 Å². The van der Waals surface area contributed by atoms with E-state index in [2.05, 4.69) is 16.8 Å². The summed E-state index contributed by atoms with van der Waals surface area (Å²) >= 11 is 0.